The molecule has 1 aromatic carbocycles. The van der Waals surface area contributed by atoms with Crippen LogP contribution in [0.5, 0.6) is 0 Å². The molecule has 1 aliphatic carbocycles. The fourth-order valence-electron chi connectivity index (χ4n) is 3.41. The minimum Gasteiger partial charge on any atom is -0.465 e. The molecular weight excluding hydrogens is 264 g/mol. The largest absolute Gasteiger partial charge is 0.465 e. The van der Waals surface area contributed by atoms with Crippen LogP contribution in [0.1, 0.15) is 30.9 Å². The molecule has 3 rings (SSSR count). The molecule has 1 heterocycles. The van der Waals surface area contributed by atoms with E-state index in [4.69, 9.17) is 0 Å². The van der Waals surface area contributed by atoms with Gasteiger partial charge in [-0.15, -0.1) is 0 Å². The van der Waals surface area contributed by atoms with Crippen LogP contribution in [0.25, 0.3) is 11.6 Å². The van der Waals surface area contributed by atoms with Gasteiger partial charge in [-0.1, -0.05) is 24.3 Å². The first-order valence-corrected chi connectivity index (χ1v) is 7.71. The maximum absolute atomic E-state index is 11.2. The maximum Gasteiger partial charge on any atom is 0.407 e. The molecule has 0 unspecified atom stereocenters. The number of hydrogen-bond donors (Lipinski definition) is 1. The summed E-state index contributed by atoms with van der Waals surface area (Å²) < 4.78 is 0. The molecule has 1 N–H and O–H groups in total. The Bertz CT molecular complexity index is 560. The van der Waals surface area contributed by atoms with Crippen molar-refractivity contribution in [1.82, 2.24) is 9.80 Å². The highest BCUT2D eigenvalue weighted by molar-refractivity contribution is 5.96. The standard InChI is InChI=1S/C17H22N2O2/c1-2-19(17(20)21)15-7-9-18(10-8-15)12-14-11-13-5-3-4-6-16(13)14/h3-6,11,15H,2,7-10,12H2,1H3,(H,20,21). The van der Waals surface area contributed by atoms with E-state index in [1.807, 2.05) is 6.92 Å². The van der Waals surface area contributed by atoms with Gasteiger partial charge in [-0.3, -0.25) is 4.90 Å². The fourth-order valence-corrected chi connectivity index (χ4v) is 3.41. The van der Waals surface area contributed by atoms with Gasteiger partial charge in [0.05, 0.1) is 0 Å². The fraction of sp³-hybridized carbons (Fsp3) is 0.471. The lowest BCUT2D eigenvalue weighted by Crippen LogP contribution is -2.47. The maximum atomic E-state index is 11.2. The summed E-state index contributed by atoms with van der Waals surface area (Å²) in [5.74, 6) is 0. The number of amides is 1. The molecule has 0 spiro atoms. The van der Waals surface area contributed by atoms with E-state index in [9.17, 15) is 9.90 Å². The van der Waals surface area contributed by atoms with Gasteiger partial charge in [0, 0.05) is 32.2 Å². The van der Waals surface area contributed by atoms with Gasteiger partial charge in [0.15, 0.2) is 0 Å². The second-order valence-electron chi connectivity index (χ2n) is 5.83. The van der Waals surface area contributed by atoms with Crippen LogP contribution in [-0.2, 0) is 0 Å². The zero-order valence-electron chi connectivity index (χ0n) is 12.5. The number of hydrogen-bond acceptors (Lipinski definition) is 2. The average Bonchev–Trinajstić information content (AvgIpc) is 2.47. The Kier molecular flexibility index (Phi) is 3.97. The van der Waals surface area contributed by atoms with Gasteiger partial charge in [0.2, 0.25) is 0 Å². The number of benzene rings is 1. The van der Waals surface area contributed by atoms with Crippen molar-refractivity contribution in [3.63, 3.8) is 0 Å². The van der Waals surface area contributed by atoms with Gasteiger partial charge in [-0.2, -0.15) is 0 Å². The van der Waals surface area contributed by atoms with E-state index in [-0.39, 0.29) is 6.04 Å². The summed E-state index contributed by atoms with van der Waals surface area (Å²) in [6, 6.07) is 8.68. The molecule has 1 fully saturated rings. The van der Waals surface area contributed by atoms with Crippen molar-refractivity contribution in [2.45, 2.75) is 25.8 Å². The normalized spacial score (nSPS) is 18.6. The van der Waals surface area contributed by atoms with Crippen LogP contribution < -0.4 is 0 Å². The van der Waals surface area contributed by atoms with Gasteiger partial charge in [0.25, 0.3) is 0 Å². The van der Waals surface area contributed by atoms with Gasteiger partial charge in [-0.05, 0) is 42.5 Å². The lowest BCUT2D eigenvalue weighted by atomic mass is 9.88. The summed E-state index contributed by atoms with van der Waals surface area (Å²) in [5.41, 5.74) is 4.13. The summed E-state index contributed by atoms with van der Waals surface area (Å²) in [4.78, 5) is 15.2. The number of carboxylic acid groups (broad SMARTS) is 1. The molecule has 4 nitrogen and oxygen atoms in total. The summed E-state index contributed by atoms with van der Waals surface area (Å²) >= 11 is 0. The Balaban J connectivity index is 1.52. The van der Waals surface area contributed by atoms with E-state index >= 15 is 0 Å². The number of rotatable bonds is 4. The molecular formula is C17H22N2O2. The molecule has 1 aromatic rings. The quantitative estimate of drug-likeness (QED) is 0.925. The van der Waals surface area contributed by atoms with Crippen LogP contribution in [0.2, 0.25) is 0 Å². The average molecular weight is 286 g/mol. The Labute approximate surface area is 125 Å². The molecule has 0 radical (unpaired) electrons. The molecule has 0 saturated carbocycles. The van der Waals surface area contributed by atoms with Crippen molar-refractivity contribution in [3.05, 3.63) is 35.4 Å². The molecule has 2 aliphatic rings. The minimum absolute atomic E-state index is 0.186. The number of fused-ring (bicyclic) bond motifs is 1. The van der Waals surface area contributed by atoms with E-state index in [2.05, 4.69) is 35.2 Å². The first-order chi connectivity index (χ1) is 10.2. The molecule has 1 amide bonds. The molecule has 21 heavy (non-hydrogen) atoms. The zero-order chi connectivity index (χ0) is 14.8. The summed E-state index contributed by atoms with van der Waals surface area (Å²) in [7, 11) is 0. The van der Waals surface area contributed by atoms with Crippen molar-refractivity contribution < 1.29 is 9.90 Å². The molecule has 1 aliphatic heterocycles. The number of likely N-dealkylation sites (tertiary alicyclic amines) is 1. The van der Waals surface area contributed by atoms with Gasteiger partial charge >= 0.3 is 6.09 Å². The first kappa shape index (κ1) is 14.1. The van der Waals surface area contributed by atoms with Crippen molar-refractivity contribution in [1.29, 1.82) is 0 Å². The molecule has 0 atom stereocenters. The third-order valence-electron chi connectivity index (χ3n) is 4.61. The van der Waals surface area contributed by atoms with Crippen LogP contribution >= 0.6 is 0 Å². The van der Waals surface area contributed by atoms with Crippen molar-refractivity contribution in [2.24, 2.45) is 0 Å². The van der Waals surface area contributed by atoms with E-state index in [1.54, 1.807) is 4.90 Å². The third kappa shape index (κ3) is 2.81. The Morgan fingerprint density at radius 1 is 1.33 bits per heavy atom. The van der Waals surface area contributed by atoms with Crippen LogP contribution in [0.15, 0.2) is 24.3 Å². The second kappa shape index (κ2) is 5.90. The van der Waals surface area contributed by atoms with Gasteiger partial charge < -0.3 is 10.0 Å². The number of nitrogens with zero attached hydrogens (tertiary/aromatic N) is 2. The van der Waals surface area contributed by atoms with Crippen LogP contribution in [0.4, 0.5) is 4.79 Å². The highest BCUT2D eigenvalue weighted by atomic mass is 16.4. The van der Waals surface area contributed by atoms with E-state index < -0.39 is 6.09 Å². The van der Waals surface area contributed by atoms with Crippen LogP contribution in [0.3, 0.4) is 0 Å². The lowest BCUT2D eigenvalue weighted by molar-refractivity contribution is 0.0974. The topological polar surface area (TPSA) is 43.8 Å². The summed E-state index contributed by atoms with van der Waals surface area (Å²) in [6.45, 7) is 5.44. The van der Waals surface area contributed by atoms with Gasteiger partial charge in [-0.25, -0.2) is 4.79 Å². The molecule has 0 aromatic heterocycles. The van der Waals surface area contributed by atoms with Gasteiger partial charge in [0.1, 0.15) is 0 Å². The van der Waals surface area contributed by atoms with Crippen molar-refractivity contribution in [3.8, 4) is 0 Å². The van der Waals surface area contributed by atoms with Crippen LogP contribution in [0, 0.1) is 0 Å². The third-order valence-corrected chi connectivity index (χ3v) is 4.61. The highest BCUT2D eigenvalue weighted by Crippen LogP contribution is 2.33. The van der Waals surface area contributed by atoms with Crippen molar-refractivity contribution >= 4 is 17.7 Å². The molecule has 112 valence electrons. The zero-order valence-corrected chi connectivity index (χ0v) is 12.5. The Morgan fingerprint density at radius 3 is 2.67 bits per heavy atom. The van der Waals surface area contributed by atoms with E-state index in [0.717, 1.165) is 32.5 Å². The molecule has 4 heteroatoms. The Morgan fingerprint density at radius 2 is 2.05 bits per heavy atom. The first-order valence-electron chi connectivity index (χ1n) is 7.71. The molecule has 0 bridgehead atoms. The lowest BCUT2D eigenvalue weighted by Gasteiger charge is -2.38. The van der Waals surface area contributed by atoms with E-state index in [1.165, 1.54) is 16.7 Å². The number of carbonyl (C=O) groups is 1. The summed E-state index contributed by atoms with van der Waals surface area (Å²) in [5, 5.41) is 9.20. The minimum atomic E-state index is -0.786. The SMILES string of the molecule is CCN(C(=O)O)C1CCN(CC2=Cc3ccccc32)CC1. The Hall–Kier alpha value is -1.81. The highest BCUT2D eigenvalue weighted by Gasteiger charge is 2.27. The second-order valence-corrected chi connectivity index (χ2v) is 5.83. The predicted molar refractivity (Wildman–Crippen MR) is 84.2 cm³/mol. The molecule has 1 saturated heterocycles. The summed E-state index contributed by atoms with van der Waals surface area (Å²) in [6.07, 6.45) is 3.35. The van der Waals surface area contributed by atoms with Crippen LogP contribution in [-0.4, -0.2) is 53.2 Å². The van der Waals surface area contributed by atoms with Crippen molar-refractivity contribution in [2.75, 3.05) is 26.2 Å². The number of piperidine rings is 1. The van der Waals surface area contributed by atoms with E-state index in [0.29, 0.717) is 6.54 Å². The predicted octanol–water partition coefficient (Wildman–Crippen LogP) is 3.00. The monoisotopic (exact) mass is 286 g/mol. The smallest absolute Gasteiger partial charge is 0.407 e.